The summed E-state index contributed by atoms with van der Waals surface area (Å²) >= 11 is 0. The average molecular weight is 541 g/mol. The van der Waals surface area contributed by atoms with E-state index in [-0.39, 0.29) is 12.6 Å². The molecule has 2 N–H and O–H groups in total. The molecular weight excluding hydrogens is 504 g/mol. The third-order valence-electron chi connectivity index (χ3n) is 6.65. The molecule has 4 rings (SSSR count). The first-order chi connectivity index (χ1) is 19.1. The SMILES string of the molecule is CC(C)(C)OC(=O)c1ccc2ccc(-c3cccc(CCC(O)C(CO)C(=O)OCc4ccccc4)c3)cc2c1. The molecule has 2 unspecified atom stereocenters. The standard InChI is InChI=1S/C34H36O6/c1-34(2,3)40-32(37)28-16-14-25-13-15-27(19-29(25)20-28)26-11-7-10-23(18-26)12-17-31(36)30(21-35)33(38)39-22-24-8-5-4-6-9-24/h4-11,13-16,18-20,30-31,35-36H,12,17,21-22H2,1-3H3. The van der Waals surface area contributed by atoms with Crippen LogP contribution in [0.15, 0.2) is 91.0 Å². The van der Waals surface area contributed by atoms with Crippen LogP contribution in [0.4, 0.5) is 0 Å². The highest BCUT2D eigenvalue weighted by Gasteiger charge is 2.27. The van der Waals surface area contributed by atoms with Crippen LogP contribution in [-0.4, -0.2) is 40.5 Å². The lowest BCUT2D eigenvalue weighted by Crippen LogP contribution is -2.33. The van der Waals surface area contributed by atoms with Gasteiger partial charge >= 0.3 is 11.9 Å². The molecule has 2 atom stereocenters. The molecule has 0 radical (unpaired) electrons. The second kappa shape index (κ2) is 12.9. The zero-order chi connectivity index (χ0) is 28.7. The summed E-state index contributed by atoms with van der Waals surface area (Å²) in [5, 5.41) is 22.4. The van der Waals surface area contributed by atoms with Gasteiger partial charge < -0.3 is 19.7 Å². The van der Waals surface area contributed by atoms with Gasteiger partial charge in [-0.2, -0.15) is 0 Å². The predicted molar refractivity (Wildman–Crippen MR) is 156 cm³/mol. The quantitative estimate of drug-likeness (QED) is 0.236. The number of fused-ring (bicyclic) bond motifs is 1. The molecule has 0 aliphatic rings. The molecular formula is C34H36O6. The Kier molecular flexibility index (Phi) is 9.35. The van der Waals surface area contributed by atoms with Gasteiger partial charge in [-0.3, -0.25) is 4.79 Å². The summed E-state index contributed by atoms with van der Waals surface area (Å²) in [7, 11) is 0. The average Bonchev–Trinajstić information content (AvgIpc) is 2.94. The molecule has 0 saturated heterocycles. The molecule has 0 bridgehead atoms. The van der Waals surface area contributed by atoms with Gasteiger partial charge in [-0.25, -0.2) is 4.79 Å². The molecule has 0 aromatic heterocycles. The number of ether oxygens (including phenoxy) is 2. The minimum absolute atomic E-state index is 0.0932. The maximum absolute atomic E-state index is 12.6. The predicted octanol–water partition coefficient (Wildman–Crippen LogP) is 6.11. The van der Waals surface area contributed by atoms with Crippen molar-refractivity contribution >= 4 is 22.7 Å². The van der Waals surface area contributed by atoms with Gasteiger partial charge in [0.1, 0.15) is 18.1 Å². The van der Waals surface area contributed by atoms with Crippen molar-refractivity contribution in [3.63, 3.8) is 0 Å². The van der Waals surface area contributed by atoms with Gasteiger partial charge in [0.2, 0.25) is 0 Å². The maximum Gasteiger partial charge on any atom is 0.338 e. The lowest BCUT2D eigenvalue weighted by Gasteiger charge is -2.20. The van der Waals surface area contributed by atoms with Crippen LogP contribution in [0.2, 0.25) is 0 Å². The van der Waals surface area contributed by atoms with Crippen molar-refractivity contribution in [2.45, 2.75) is 51.9 Å². The Morgan fingerprint density at radius 3 is 2.23 bits per heavy atom. The second-order valence-electron chi connectivity index (χ2n) is 11.0. The van der Waals surface area contributed by atoms with Crippen molar-refractivity contribution in [3.05, 3.63) is 108 Å². The van der Waals surface area contributed by atoms with Crippen LogP contribution in [0.5, 0.6) is 0 Å². The molecule has 0 aliphatic carbocycles. The van der Waals surface area contributed by atoms with Gasteiger partial charge in [-0.1, -0.05) is 72.8 Å². The number of aliphatic hydroxyl groups excluding tert-OH is 2. The molecule has 6 heteroatoms. The van der Waals surface area contributed by atoms with E-state index in [0.29, 0.717) is 18.4 Å². The number of aryl methyl sites for hydroxylation is 1. The topological polar surface area (TPSA) is 93.1 Å². The van der Waals surface area contributed by atoms with Gasteiger partial charge in [0, 0.05) is 0 Å². The minimum atomic E-state index is -1.04. The number of rotatable bonds is 10. The number of hydrogen-bond donors (Lipinski definition) is 2. The zero-order valence-electron chi connectivity index (χ0n) is 23.2. The summed E-state index contributed by atoms with van der Waals surface area (Å²) in [4.78, 5) is 25.1. The van der Waals surface area contributed by atoms with Crippen LogP contribution in [-0.2, 0) is 27.3 Å². The Labute approximate surface area is 235 Å². The largest absolute Gasteiger partial charge is 0.460 e. The Bertz CT molecular complexity index is 1450. The molecule has 0 aliphatic heterocycles. The fourth-order valence-corrected chi connectivity index (χ4v) is 4.50. The van der Waals surface area contributed by atoms with E-state index >= 15 is 0 Å². The molecule has 0 spiro atoms. The summed E-state index contributed by atoms with van der Waals surface area (Å²) in [5.41, 5.74) is 3.76. The molecule has 4 aromatic rings. The van der Waals surface area contributed by atoms with Crippen molar-refractivity contribution in [2.24, 2.45) is 5.92 Å². The van der Waals surface area contributed by atoms with Crippen molar-refractivity contribution < 1.29 is 29.3 Å². The maximum atomic E-state index is 12.6. The van der Waals surface area contributed by atoms with Gasteiger partial charge in [0.05, 0.1) is 18.3 Å². The first-order valence-corrected chi connectivity index (χ1v) is 13.5. The first kappa shape index (κ1) is 29.0. The Morgan fingerprint density at radius 2 is 1.50 bits per heavy atom. The number of carbonyl (C=O) groups excluding carboxylic acids is 2. The third kappa shape index (κ3) is 7.78. The van der Waals surface area contributed by atoms with E-state index in [4.69, 9.17) is 9.47 Å². The van der Waals surface area contributed by atoms with Crippen molar-refractivity contribution in [3.8, 4) is 11.1 Å². The number of esters is 2. The van der Waals surface area contributed by atoms with E-state index in [9.17, 15) is 19.8 Å². The molecule has 0 saturated carbocycles. The summed E-state index contributed by atoms with van der Waals surface area (Å²) in [6, 6.07) is 28.9. The number of benzene rings is 4. The molecule has 0 amide bonds. The van der Waals surface area contributed by atoms with E-state index in [1.165, 1.54) is 0 Å². The molecule has 0 heterocycles. The summed E-state index contributed by atoms with van der Waals surface area (Å²) in [6.07, 6.45) is -0.219. The summed E-state index contributed by atoms with van der Waals surface area (Å²) in [6.45, 7) is 5.14. The number of hydrogen-bond acceptors (Lipinski definition) is 6. The fourth-order valence-electron chi connectivity index (χ4n) is 4.50. The molecule has 4 aromatic carbocycles. The highest BCUT2D eigenvalue weighted by molar-refractivity contribution is 5.96. The first-order valence-electron chi connectivity index (χ1n) is 13.5. The van der Waals surface area contributed by atoms with Gasteiger partial charge in [0.15, 0.2) is 0 Å². The lowest BCUT2D eigenvalue weighted by atomic mass is 9.94. The molecule has 0 fully saturated rings. The van der Waals surface area contributed by atoms with Crippen molar-refractivity contribution in [2.75, 3.05) is 6.61 Å². The van der Waals surface area contributed by atoms with Crippen LogP contribution in [0.25, 0.3) is 21.9 Å². The zero-order valence-corrected chi connectivity index (χ0v) is 23.2. The number of aliphatic hydroxyl groups is 2. The summed E-state index contributed by atoms with van der Waals surface area (Å²) < 4.78 is 10.8. The van der Waals surface area contributed by atoms with Crippen LogP contribution < -0.4 is 0 Å². The van der Waals surface area contributed by atoms with E-state index in [1.54, 1.807) is 6.07 Å². The Hall–Kier alpha value is -4.00. The van der Waals surface area contributed by atoms with Crippen LogP contribution in [0, 0.1) is 5.92 Å². The second-order valence-corrected chi connectivity index (χ2v) is 11.0. The van der Waals surface area contributed by atoms with Gasteiger partial charge in [-0.15, -0.1) is 0 Å². The van der Waals surface area contributed by atoms with Gasteiger partial charge in [-0.05, 0) is 84.8 Å². The van der Waals surface area contributed by atoms with Crippen molar-refractivity contribution in [1.82, 2.24) is 0 Å². The van der Waals surface area contributed by atoms with Crippen molar-refractivity contribution in [1.29, 1.82) is 0 Å². The Balaban J connectivity index is 1.42. The van der Waals surface area contributed by atoms with E-state index in [1.807, 2.05) is 106 Å². The van der Waals surface area contributed by atoms with Crippen LogP contribution in [0.3, 0.4) is 0 Å². The molecule has 40 heavy (non-hydrogen) atoms. The highest BCUT2D eigenvalue weighted by Crippen LogP contribution is 2.27. The lowest BCUT2D eigenvalue weighted by molar-refractivity contribution is -0.156. The fraction of sp³-hybridized carbons (Fsp3) is 0.294. The molecule has 6 nitrogen and oxygen atoms in total. The number of carbonyl (C=O) groups is 2. The Morgan fingerprint density at radius 1 is 0.800 bits per heavy atom. The van der Waals surface area contributed by atoms with Crippen LogP contribution >= 0.6 is 0 Å². The third-order valence-corrected chi connectivity index (χ3v) is 6.65. The molecule has 208 valence electrons. The highest BCUT2D eigenvalue weighted by atomic mass is 16.6. The van der Waals surface area contributed by atoms with E-state index in [0.717, 1.165) is 33.0 Å². The van der Waals surface area contributed by atoms with E-state index < -0.39 is 30.2 Å². The van der Waals surface area contributed by atoms with Gasteiger partial charge in [0.25, 0.3) is 0 Å². The summed E-state index contributed by atoms with van der Waals surface area (Å²) in [5.74, 6) is -1.98. The monoisotopic (exact) mass is 540 g/mol. The normalized spacial score (nSPS) is 13.0. The van der Waals surface area contributed by atoms with Crippen LogP contribution in [0.1, 0.15) is 48.7 Å². The smallest absolute Gasteiger partial charge is 0.338 e. The van der Waals surface area contributed by atoms with E-state index in [2.05, 4.69) is 0 Å². The minimum Gasteiger partial charge on any atom is -0.460 e.